The molecule has 0 bridgehead atoms. The smallest absolute Gasteiger partial charge is 0.243 e. The van der Waals surface area contributed by atoms with E-state index in [2.05, 4.69) is 33.0 Å². The topological polar surface area (TPSA) is 64.9 Å². The second-order valence-electron chi connectivity index (χ2n) is 3.81. The first-order valence-electron chi connectivity index (χ1n) is 5.55. The Morgan fingerprint density at radius 1 is 1.53 bits per heavy atom. The molecule has 2 heterocycles. The third-order valence-corrected chi connectivity index (χ3v) is 4.04. The summed E-state index contributed by atoms with van der Waals surface area (Å²) in [4.78, 5) is 5.31. The maximum atomic E-state index is 5.98. The molecule has 0 aliphatic heterocycles. The lowest BCUT2D eigenvalue weighted by atomic mass is 10.1. The standard InChI is InChI=1S/C11H14BrN3OS/c1-2-3-4-7(13)11-14-10(15-16-11)8-5-6-9(12)17-8/h5-7H,2-4,13H2,1H3. The summed E-state index contributed by atoms with van der Waals surface area (Å²) in [6, 6.07) is 3.77. The SMILES string of the molecule is CCCCC(N)c1nc(-c2ccc(Br)s2)no1. The van der Waals surface area contributed by atoms with Crippen LogP contribution in [0.25, 0.3) is 10.7 Å². The molecular formula is C11H14BrN3OS. The van der Waals surface area contributed by atoms with Crippen LogP contribution in [0.1, 0.15) is 38.1 Å². The third-order valence-electron chi connectivity index (χ3n) is 2.42. The Labute approximate surface area is 112 Å². The Bertz CT molecular complexity index is 483. The molecule has 0 amide bonds. The van der Waals surface area contributed by atoms with E-state index in [0.717, 1.165) is 27.9 Å². The highest BCUT2D eigenvalue weighted by Crippen LogP contribution is 2.30. The second kappa shape index (κ2) is 5.75. The fourth-order valence-electron chi connectivity index (χ4n) is 1.47. The van der Waals surface area contributed by atoms with Crippen LogP contribution in [0.2, 0.25) is 0 Å². The molecule has 1 unspecified atom stereocenters. The number of hydrogen-bond acceptors (Lipinski definition) is 5. The minimum Gasteiger partial charge on any atom is -0.337 e. The number of halogens is 1. The van der Waals surface area contributed by atoms with Gasteiger partial charge in [0.1, 0.15) is 0 Å². The maximum absolute atomic E-state index is 5.98. The quantitative estimate of drug-likeness (QED) is 0.912. The van der Waals surface area contributed by atoms with Crippen LogP contribution in [0, 0.1) is 0 Å². The van der Waals surface area contributed by atoms with E-state index in [1.165, 1.54) is 0 Å². The molecule has 0 spiro atoms. The number of nitrogens with two attached hydrogens (primary N) is 1. The summed E-state index contributed by atoms with van der Waals surface area (Å²) in [5, 5.41) is 3.95. The summed E-state index contributed by atoms with van der Waals surface area (Å²) >= 11 is 4.98. The summed E-state index contributed by atoms with van der Waals surface area (Å²) in [7, 11) is 0. The molecule has 0 aliphatic carbocycles. The minimum atomic E-state index is -0.153. The molecule has 2 rings (SSSR count). The van der Waals surface area contributed by atoms with E-state index in [9.17, 15) is 0 Å². The van der Waals surface area contributed by atoms with Crippen LogP contribution in [-0.2, 0) is 0 Å². The highest BCUT2D eigenvalue weighted by molar-refractivity contribution is 9.11. The van der Waals surface area contributed by atoms with Crippen molar-refractivity contribution in [1.82, 2.24) is 10.1 Å². The van der Waals surface area contributed by atoms with Crippen molar-refractivity contribution in [3.05, 3.63) is 21.8 Å². The van der Waals surface area contributed by atoms with E-state index in [-0.39, 0.29) is 6.04 Å². The van der Waals surface area contributed by atoms with E-state index in [1.54, 1.807) is 11.3 Å². The number of unbranched alkanes of at least 4 members (excludes halogenated alkanes) is 1. The third kappa shape index (κ3) is 3.14. The summed E-state index contributed by atoms with van der Waals surface area (Å²) in [5.41, 5.74) is 5.98. The summed E-state index contributed by atoms with van der Waals surface area (Å²) < 4.78 is 6.24. The fraction of sp³-hybridized carbons (Fsp3) is 0.455. The zero-order chi connectivity index (χ0) is 12.3. The van der Waals surface area contributed by atoms with Gasteiger partial charge in [-0.2, -0.15) is 4.98 Å². The number of thiophene rings is 1. The molecule has 0 fully saturated rings. The predicted molar refractivity (Wildman–Crippen MR) is 71.8 cm³/mol. The molecule has 6 heteroatoms. The largest absolute Gasteiger partial charge is 0.337 e. The Morgan fingerprint density at radius 2 is 2.35 bits per heavy atom. The van der Waals surface area contributed by atoms with Crippen LogP contribution < -0.4 is 5.73 Å². The summed E-state index contributed by atoms with van der Waals surface area (Å²) in [5.74, 6) is 1.14. The molecule has 2 aromatic heterocycles. The van der Waals surface area contributed by atoms with Crippen molar-refractivity contribution < 1.29 is 4.52 Å². The van der Waals surface area contributed by atoms with Gasteiger partial charge in [0.25, 0.3) is 0 Å². The first kappa shape index (κ1) is 12.7. The lowest BCUT2D eigenvalue weighted by Crippen LogP contribution is -2.10. The lowest BCUT2D eigenvalue weighted by Gasteiger charge is -2.03. The predicted octanol–water partition coefficient (Wildman–Crippen LogP) is 3.75. The highest BCUT2D eigenvalue weighted by Gasteiger charge is 2.16. The molecule has 0 aliphatic rings. The van der Waals surface area contributed by atoms with Gasteiger partial charge in [-0.3, -0.25) is 0 Å². The molecule has 17 heavy (non-hydrogen) atoms. The number of aromatic nitrogens is 2. The van der Waals surface area contributed by atoms with Crippen LogP contribution >= 0.6 is 27.3 Å². The van der Waals surface area contributed by atoms with Gasteiger partial charge in [0.2, 0.25) is 11.7 Å². The molecule has 4 nitrogen and oxygen atoms in total. The Kier molecular flexibility index (Phi) is 4.31. The number of rotatable bonds is 5. The Balaban J connectivity index is 2.10. The summed E-state index contributed by atoms with van der Waals surface area (Å²) in [6.07, 6.45) is 3.07. The van der Waals surface area contributed by atoms with Crippen molar-refractivity contribution in [3.8, 4) is 10.7 Å². The van der Waals surface area contributed by atoms with Gasteiger partial charge >= 0.3 is 0 Å². The summed E-state index contributed by atoms with van der Waals surface area (Å²) in [6.45, 7) is 2.13. The number of nitrogens with zero attached hydrogens (tertiary/aromatic N) is 2. The van der Waals surface area contributed by atoms with E-state index in [4.69, 9.17) is 10.3 Å². The molecule has 0 saturated heterocycles. The van der Waals surface area contributed by atoms with Gasteiger partial charge in [-0.15, -0.1) is 11.3 Å². The molecule has 1 atom stereocenters. The Hall–Kier alpha value is -0.720. The van der Waals surface area contributed by atoms with Crippen molar-refractivity contribution >= 4 is 27.3 Å². The minimum absolute atomic E-state index is 0.153. The van der Waals surface area contributed by atoms with Crippen molar-refractivity contribution in [2.24, 2.45) is 5.73 Å². The van der Waals surface area contributed by atoms with Gasteiger partial charge in [-0.05, 0) is 34.5 Å². The molecule has 92 valence electrons. The molecule has 0 aromatic carbocycles. The van der Waals surface area contributed by atoms with Gasteiger partial charge in [-0.25, -0.2) is 0 Å². The van der Waals surface area contributed by atoms with Crippen LogP contribution in [0.5, 0.6) is 0 Å². The average Bonchev–Trinajstić information content (AvgIpc) is 2.93. The monoisotopic (exact) mass is 315 g/mol. The molecule has 2 aromatic rings. The van der Waals surface area contributed by atoms with Crippen molar-refractivity contribution in [3.63, 3.8) is 0 Å². The van der Waals surface area contributed by atoms with E-state index < -0.39 is 0 Å². The zero-order valence-corrected chi connectivity index (χ0v) is 11.9. The van der Waals surface area contributed by atoms with Crippen LogP contribution in [-0.4, -0.2) is 10.1 Å². The first-order valence-corrected chi connectivity index (χ1v) is 7.16. The molecule has 0 radical (unpaired) electrons. The van der Waals surface area contributed by atoms with Gasteiger partial charge < -0.3 is 10.3 Å². The van der Waals surface area contributed by atoms with Crippen molar-refractivity contribution in [2.75, 3.05) is 0 Å². The lowest BCUT2D eigenvalue weighted by molar-refractivity contribution is 0.346. The van der Waals surface area contributed by atoms with Gasteiger partial charge in [0.05, 0.1) is 14.7 Å². The average molecular weight is 316 g/mol. The molecule has 0 saturated carbocycles. The van der Waals surface area contributed by atoms with Gasteiger partial charge in [0.15, 0.2) is 0 Å². The second-order valence-corrected chi connectivity index (χ2v) is 6.27. The van der Waals surface area contributed by atoms with Crippen LogP contribution in [0.4, 0.5) is 0 Å². The first-order chi connectivity index (χ1) is 8.20. The van der Waals surface area contributed by atoms with Crippen LogP contribution in [0.15, 0.2) is 20.4 Å². The number of hydrogen-bond donors (Lipinski definition) is 1. The maximum Gasteiger partial charge on any atom is 0.243 e. The van der Waals surface area contributed by atoms with E-state index in [0.29, 0.717) is 11.7 Å². The highest BCUT2D eigenvalue weighted by atomic mass is 79.9. The van der Waals surface area contributed by atoms with Gasteiger partial charge in [-0.1, -0.05) is 24.9 Å². The molecule has 2 N–H and O–H groups in total. The van der Waals surface area contributed by atoms with Crippen molar-refractivity contribution in [2.45, 2.75) is 32.2 Å². The van der Waals surface area contributed by atoms with Crippen molar-refractivity contribution in [1.29, 1.82) is 0 Å². The normalized spacial score (nSPS) is 12.9. The Morgan fingerprint density at radius 3 is 3.00 bits per heavy atom. The van der Waals surface area contributed by atoms with E-state index in [1.807, 2.05) is 12.1 Å². The van der Waals surface area contributed by atoms with Crippen LogP contribution in [0.3, 0.4) is 0 Å². The fourth-order valence-corrected chi connectivity index (χ4v) is 2.78. The van der Waals surface area contributed by atoms with Gasteiger partial charge in [0, 0.05) is 0 Å². The molecular weight excluding hydrogens is 302 g/mol. The van der Waals surface area contributed by atoms with E-state index >= 15 is 0 Å². The zero-order valence-electron chi connectivity index (χ0n) is 9.52.